The first kappa shape index (κ1) is 12.6. The van der Waals surface area contributed by atoms with Crippen molar-refractivity contribution in [3.8, 4) is 0 Å². The van der Waals surface area contributed by atoms with E-state index < -0.39 is 0 Å². The van der Waals surface area contributed by atoms with Crippen LogP contribution in [0.2, 0.25) is 5.02 Å². The maximum atomic E-state index is 6.21. The third-order valence-corrected chi connectivity index (χ3v) is 3.58. The molecule has 0 radical (unpaired) electrons. The van der Waals surface area contributed by atoms with Gasteiger partial charge in [-0.3, -0.25) is 10.8 Å². The fourth-order valence-corrected chi connectivity index (χ4v) is 2.82. The topological polar surface area (TPSA) is 50.9 Å². The summed E-state index contributed by atoms with van der Waals surface area (Å²) in [7, 11) is 0. The molecule has 0 saturated heterocycles. The van der Waals surface area contributed by atoms with Gasteiger partial charge in [-0.25, -0.2) is 0 Å². The van der Waals surface area contributed by atoms with Crippen LogP contribution in [0.5, 0.6) is 0 Å². The van der Waals surface area contributed by atoms with Crippen molar-refractivity contribution < 1.29 is 0 Å². The van der Waals surface area contributed by atoms with E-state index in [1.807, 2.05) is 19.1 Å². The van der Waals surface area contributed by atoms with Gasteiger partial charge in [0, 0.05) is 15.6 Å². The van der Waals surface area contributed by atoms with Crippen molar-refractivity contribution >= 4 is 44.1 Å². The van der Waals surface area contributed by atoms with Gasteiger partial charge in [-0.05, 0) is 31.0 Å². The summed E-state index contributed by atoms with van der Waals surface area (Å²) in [4.78, 5) is 4.59. The molecule has 0 spiro atoms. The number of aryl methyl sites for hydroxylation is 1. The summed E-state index contributed by atoms with van der Waals surface area (Å²) in [6, 6.07) is 3.81. The van der Waals surface area contributed by atoms with Crippen LogP contribution in [0.25, 0.3) is 10.9 Å². The number of nitrogens with zero attached hydrogens (tertiary/aromatic N) is 1. The van der Waals surface area contributed by atoms with Gasteiger partial charge in [0.25, 0.3) is 0 Å². The predicted octanol–water partition coefficient (Wildman–Crippen LogP) is 3.81. The van der Waals surface area contributed by atoms with E-state index >= 15 is 0 Å². The summed E-state index contributed by atoms with van der Waals surface area (Å²) in [5, 5.41) is 1.56. The molecule has 0 amide bonds. The molecule has 0 unspecified atom stereocenters. The highest BCUT2D eigenvalue weighted by molar-refractivity contribution is 9.10. The smallest absolute Gasteiger partial charge is 0.0913 e. The van der Waals surface area contributed by atoms with Crippen LogP contribution in [-0.4, -0.2) is 4.98 Å². The summed E-state index contributed by atoms with van der Waals surface area (Å²) >= 11 is 9.64. The number of aromatic nitrogens is 1. The maximum Gasteiger partial charge on any atom is 0.0913 e. The number of hydrogen-bond donors (Lipinski definition) is 2. The van der Waals surface area contributed by atoms with Crippen LogP contribution < -0.4 is 11.3 Å². The van der Waals surface area contributed by atoms with Gasteiger partial charge in [-0.1, -0.05) is 34.5 Å². The molecular weight excluding hydrogens is 302 g/mol. The van der Waals surface area contributed by atoms with Crippen molar-refractivity contribution in [3.63, 3.8) is 0 Å². The summed E-state index contributed by atoms with van der Waals surface area (Å²) in [6.07, 6.45) is 0.850. The van der Waals surface area contributed by atoms with Crippen molar-refractivity contribution in [2.24, 2.45) is 5.84 Å². The lowest BCUT2D eigenvalue weighted by Crippen LogP contribution is -2.11. The first-order chi connectivity index (χ1) is 8.08. The molecule has 0 aliphatic rings. The van der Waals surface area contributed by atoms with E-state index in [-0.39, 0.29) is 0 Å². The van der Waals surface area contributed by atoms with Gasteiger partial charge in [0.15, 0.2) is 0 Å². The molecule has 2 aromatic rings. The van der Waals surface area contributed by atoms with Gasteiger partial charge in [0.2, 0.25) is 0 Å². The first-order valence-electron chi connectivity index (χ1n) is 5.33. The third kappa shape index (κ3) is 2.12. The molecule has 5 heteroatoms. The molecule has 0 aliphatic carbocycles. The Hall–Kier alpha value is -0.840. The molecule has 0 bridgehead atoms. The number of nitrogens with one attached hydrogen (secondary N) is 1. The van der Waals surface area contributed by atoms with E-state index in [0.717, 1.165) is 38.7 Å². The Morgan fingerprint density at radius 1 is 1.47 bits per heavy atom. The fourth-order valence-electron chi connectivity index (χ4n) is 1.97. The Kier molecular flexibility index (Phi) is 3.56. The molecule has 17 heavy (non-hydrogen) atoms. The molecule has 1 aromatic heterocycles. The highest BCUT2D eigenvalue weighted by Gasteiger charge is 2.12. The molecular formula is C12H13BrClN3. The van der Waals surface area contributed by atoms with Crippen molar-refractivity contribution in [1.82, 2.24) is 4.98 Å². The standard InChI is InChI=1S/C12H13BrClN3/c1-3-10-6(2)11(17-15)8-4-7(13)5-9(14)12(8)16-10/h4-5H,3,15H2,1-2H3,(H,16,17). The minimum atomic E-state index is 0.626. The number of nitrogen functional groups attached to an aromatic ring is 1. The maximum absolute atomic E-state index is 6.21. The molecule has 0 aliphatic heterocycles. The Morgan fingerprint density at radius 2 is 2.18 bits per heavy atom. The number of hydrogen-bond acceptors (Lipinski definition) is 3. The second-order valence-corrected chi connectivity index (χ2v) is 5.16. The van der Waals surface area contributed by atoms with Gasteiger partial charge in [0.05, 0.1) is 16.2 Å². The average molecular weight is 315 g/mol. The number of rotatable bonds is 2. The van der Waals surface area contributed by atoms with E-state index in [4.69, 9.17) is 17.4 Å². The second-order valence-electron chi connectivity index (χ2n) is 3.84. The van der Waals surface area contributed by atoms with Crippen molar-refractivity contribution in [2.75, 3.05) is 5.43 Å². The summed E-state index contributed by atoms with van der Waals surface area (Å²) in [5.74, 6) is 5.60. The van der Waals surface area contributed by atoms with Gasteiger partial charge in [-0.15, -0.1) is 0 Å². The molecule has 1 heterocycles. The molecule has 1 aromatic carbocycles. The summed E-state index contributed by atoms with van der Waals surface area (Å²) in [5.41, 5.74) is 6.49. The van der Waals surface area contributed by atoms with Gasteiger partial charge in [0.1, 0.15) is 0 Å². The van der Waals surface area contributed by atoms with E-state index in [1.54, 1.807) is 0 Å². The molecule has 90 valence electrons. The summed E-state index contributed by atoms with van der Waals surface area (Å²) < 4.78 is 0.914. The normalized spacial score (nSPS) is 10.9. The van der Waals surface area contributed by atoms with Crippen LogP contribution in [0, 0.1) is 6.92 Å². The van der Waals surface area contributed by atoms with E-state index in [9.17, 15) is 0 Å². The lowest BCUT2D eigenvalue weighted by molar-refractivity contribution is 1.03. The van der Waals surface area contributed by atoms with Crippen LogP contribution in [0.1, 0.15) is 18.2 Å². The quantitative estimate of drug-likeness (QED) is 0.654. The fraction of sp³-hybridized carbons (Fsp3) is 0.250. The lowest BCUT2D eigenvalue weighted by atomic mass is 10.1. The highest BCUT2D eigenvalue weighted by atomic mass is 79.9. The summed E-state index contributed by atoms with van der Waals surface area (Å²) in [6.45, 7) is 4.07. The van der Waals surface area contributed by atoms with Crippen molar-refractivity contribution in [2.45, 2.75) is 20.3 Å². The van der Waals surface area contributed by atoms with Crippen LogP contribution in [0.4, 0.5) is 5.69 Å². The number of pyridine rings is 1. The Bertz CT molecular complexity index is 584. The molecule has 0 fully saturated rings. The van der Waals surface area contributed by atoms with E-state index in [0.29, 0.717) is 5.02 Å². The Labute approximate surface area is 113 Å². The van der Waals surface area contributed by atoms with Crippen LogP contribution in [-0.2, 0) is 6.42 Å². The Morgan fingerprint density at radius 3 is 2.76 bits per heavy atom. The van der Waals surface area contributed by atoms with E-state index in [2.05, 4.69) is 33.3 Å². The first-order valence-corrected chi connectivity index (χ1v) is 6.50. The number of nitrogens with two attached hydrogens (primary N) is 1. The second kappa shape index (κ2) is 4.80. The van der Waals surface area contributed by atoms with Gasteiger partial charge >= 0.3 is 0 Å². The van der Waals surface area contributed by atoms with E-state index in [1.165, 1.54) is 0 Å². The monoisotopic (exact) mass is 313 g/mol. The molecule has 3 nitrogen and oxygen atoms in total. The zero-order valence-corrected chi connectivity index (χ0v) is 12.0. The zero-order chi connectivity index (χ0) is 12.6. The Balaban J connectivity index is 2.92. The number of hydrazine groups is 1. The largest absolute Gasteiger partial charge is 0.323 e. The number of halogens is 2. The van der Waals surface area contributed by atoms with Gasteiger partial charge in [-0.2, -0.15) is 0 Å². The van der Waals surface area contributed by atoms with Crippen molar-refractivity contribution in [1.29, 1.82) is 0 Å². The third-order valence-electron chi connectivity index (χ3n) is 2.83. The number of benzene rings is 1. The lowest BCUT2D eigenvalue weighted by Gasteiger charge is -2.14. The molecule has 0 saturated carbocycles. The van der Waals surface area contributed by atoms with Crippen LogP contribution >= 0.6 is 27.5 Å². The van der Waals surface area contributed by atoms with Crippen molar-refractivity contribution in [3.05, 3.63) is 32.9 Å². The number of fused-ring (bicyclic) bond motifs is 1. The SMILES string of the molecule is CCc1nc2c(Cl)cc(Br)cc2c(NN)c1C. The van der Waals surface area contributed by atoms with Crippen LogP contribution in [0.15, 0.2) is 16.6 Å². The number of anilines is 1. The minimum absolute atomic E-state index is 0.626. The zero-order valence-electron chi connectivity index (χ0n) is 9.64. The molecule has 2 rings (SSSR count). The highest BCUT2D eigenvalue weighted by Crippen LogP contribution is 2.34. The minimum Gasteiger partial charge on any atom is -0.323 e. The van der Waals surface area contributed by atoms with Crippen LogP contribution in [0.3, 0.4) is 0 Å². The molecule has 3 N–H and O–H groups in total. The predicted molar refractivity (Wildman–Crippen MR) is 76.4 cm³/mol. The van der Waals surface area contributed by atoms with Gasteiger partial charge < -0.3 is 5.43 Å². The molecule has 0 atom stereocenters. The average Bonchev–Trinajstić information content (AvgIpc) is 2.28.